The Kier molecular flexibility index (Phi) is 4.85. The number of nitrogens with zero attached hydrogens (tertiary/aromatic N) is 1. The van der Waals surface area contributed by atoms with E-state index in [1.807, 2.05) is 0 Å². The van der Waals surface area contributed by atoms with Gasteiger partial charge in [-0.25, -0.2) is 0 Å². The molecule has 1 aromatic rings. The minimum Gasteiger partial charge on any atom is -0.490 e. The zero-order valence-electron chi connectivity index (χ0n) is 15.4. The molecular weight excluding hydrogens is 294 g/mol. The second kappa shape index (κ2) is 7.07. The van der Waals surface area contributed by atoms with Crippen molar-refractivity contribution in [2.24, 2.45) is 11.8 Å². The van der Waals surface area contributed by atoms with Gasteiger partial charge in [0.2, 0.25) is 0 Å². The van der Waals surface area contributed by atoms with Crippen LogP contribution in [-0.4, -0.2) is 30.1 Å². The Morgan fingerprint density at radius 1 is 1.08 bits per heavy atom. The van der Waals surface area contributed by atoms with Crippen molar-refractivity contribution >= 4 is 0 Å². The highest BCUT2D eigenvalue weighted by Gasteiger charge is 2.43. The number of piperidine rings is 1. The van der Waals surface area contributed by atoms with E-state index in [1.165, 1.54) is 57.2 Å². The molecule has 4 rings (SSSR count). The Morgan fingerprint density at radius 2 is 1.88 bits per heavy atom. The van der Waals surface area contributed by atoms with Crippen LogP contribution in [0.2, 0.25) is 0 Å². The average Bonchev–Trinajstić information content (AvgIpc) is 3.26. The summed E-state index contributed by atoms with van der Waals surface area (Å²) in [7, 11) is 0. The van der Waals surface area contributed by atoms with Crippen LogP contribution in [0.3, 0.4) is 0 Å². The molecule has 132 valence electrons. The van der Waals surface area contributed by atoms with Gasteiger partial charge < -0.3 is 9.64 Å². The molecule has 3 fully saturated rings. The molecule has 2 aliphatic carbocycles. The van der Waals surface area contributed by atoms with E-state index in [-0.39, 0.29) is 0 Å². The van der Waals surface area contributed by atoms with Crippen molar-refractivity contribution in [2.45, 2.75) is 76.9 Å². The molecule has 4 atom stereocenters. The average molecular weight is 328 g/mol. The van der Waals surface area contributed by atoms with Gasteiger partial charge in [0.15, 0.2) is 0 Å². The van der Waals surface area contributed by atoms with Gasteiger partial charge in [-0.05, 0) is 87.9 Å². The first-order valence-corrected chi connectivity index (χ1v) is 10.2. The van der Waals surface area contributed by atoms with E-state index in [9.17, 15) is 0 Å². The number of likely N-dealkylation sites (tertiary alicyclic amines) is 1. The fourth-order valence-electron chi connectivity index (χ4n) is 5.43. The maximum atomic E-state index is 6.20. The van der Waals surface area contributed by atoms with Crippen molar-refractivity contribution < 1.29 is 4.74 Å². The summed E-state index contributed by atoms with van der Waals surface area (Å²) >= 11 is 0. The highest BCUT2D eigenvalue weighted by Crippen LogP contribution is 2.47. The Labute approximate surface area is 147 Å². The maximum absolute atomic E-state index is 6.20. The molecule has 0 spiro atoms. The van der Waals surface area contributed by atoms with Crippen LogP contribution >= 0.6 is 0 Å². The van der Waals surface area contributed by atoms with E-state index >= 15 is 0 Å². The molecule has 0 amide bonds. The molecule has 0 N–H and O–H groups in total. The van der Waals surface area contributed by atoms with Crippen LogP contribution < -0.4 is 4.74 Å². The summed E-state index contributed by atoms with van der Waals surface area (Å²) in [6.07, 6.45) is 10.00. The van der Waals surface area contributed by atoms with Gasteiger partial charge in [0, 0.05) is 6.04 Å². The summed E-state index contributed by atoms with van der Waals surface area (Å²) in [4.78, 5) is 2.83. The van der Waals surface area contributed by atoms with Crippen molar-refractivity contribution in [1.29, 1.82) is 0 Å². The Morgan fingerprint density at radius 3 is 2.54 bits per heavy atom. The molecule has 3 unspecified atom stereocenters. The van der Waals surface area contributed by atoms with Crippen LogP contribution in [0.25, 0.3) is 0 Å². The minimum absolute atomic E-state index is 0.306. The first-order chi connectivity index (χ1) is 11.7. The SMILES string of the molecule is CCC(C)Oc1ccccc1C1CCN([C@H]2CC3CCC2C3)CC1. The zero-order valence-corrected chi connectivity index (χ0v) is 15.4. The molecule has 3 aliphatic rings. The molecule has 0 aromatic heterocycles. The summed E-state index contributed by atoms with van der Waals surface area (Å²) in [6, 6.07) is 9.68. The summed E-state index contributed by atoms with van der Waals surface area (Å²) < 4.78 is 6.20. The minimum atomic E-state index is 0.306. The monoisotopic (exact) mass is 327 g/mol. The topological polar surface area (TPSA) is 12.5 Å². The van der Waals surface area contributed by atoms with E-state index in [4.69, 9.17) is 4.74 Å². The Bertz CT molecular complexity index is 549. The van der Waals surface area contributed by atoms with Crippen LogP contribution in [0.15, 0.2) is 24.3 Å². The quantitative estimate of drug-likeness (QED) is 0.734. The Balaban J connectivity index is 1.39. The van der Waals surface area contributed by atoms with Gasteiger partial charge in [-0.3, -0.25) is 0 Å². The molecule has 1 saturated heterocycles. The number of benzene rings is 1. The van der Waals surface area contributed by atoms with Crippen molar-refractivity contribution in [3.05, 3.63) is 29.8 Å². The lowest BCUT2D eigenvalue weighted by Gasteiger charge is -2.40. The van der Waals surface area contributed by atoms with Crippen LogP contribution in [-0.2, 0) is 0 Å². The standard InChI is InChI=1S/C22H33NO/c1-3-16(2)24-22-7-5-4-6-20(22)18-10-12-23(13-11-18)21-15-17-8-9-19(21)14-17/h4-7,16-19,21H,3,8-15H2,1-2H3/t16?,17?,19?,21-/m0/s1. The molecule has 2 bridgehead atoms. The molecule has 24 heavy (non-hydrogen) atoms. The van der Waals surface area contributed by atoms with E-state index in [1.54, 1.807) is 0 Å². The van der Waals surface area contributed by atoms with Crippen molar-refractivity contribution in [2.75, 3.05) is 13.1 Å². The van der Waals surface area contributed by atoms with Crippen LogP contribution in [0.4, 0.5) is 0 Å². The smallest absolute Gasteiger partial charge is 0.123 e. The highest BCUT2D eigenvalue weighted by molar-refractivity contribution is 5.36. The lowest BCUT2D eigenvalue weighted by Crippen LogP contribution is -2.43. The molecule has 1 aromatic carbocycles. The molecule has 2 heteroatoms. The van der Waals surface area contributed by atoms with Crippen molar-refractivity contribution in [1.82, 2.24) is 4.90 Å². The van der Waals surface area contributed by atoms with Gasteiger partial charge >= 0.3 is 0 Å². The number of fused-ring (bicyclic) bond motifs is 2. The van der Waals surface area contributed by atoms with E-state index in [2.05, 4.69) is 43.0 Å². The second-order valence-corrected chi connectivity index (χ2v) is 8.43. The van der Waals surface area contributed by atoms with Crippen molar-refractivity contribution in [3.63, 3.8) is 0 Å². The molecule has 1 aliphatic heterocycles. The van der Waals surface area contributed by atoms with Crippen LogP contribution in [0.5, 0.6) is 5.75 Å². The molecule has 1 heterocycles. The Hall–Kier alpha value is -1.02. The van der Waals surface area contributed by atoms with E-state index < -0.39 is 0 Å². The van der Waals surface area contributed by atoms with Gasteiger partial charge in [0.05, 0.1) is 6.10 Å². The van der Waals surface area contributed by atoms with Gasteiger partial charge in [-0.2, -0.15) is 0 Å². The number of hydrogen-bond acceptors (Lipinski definition) is 2. The number of rotatable bonds is 5. The van der Waals surface area contributed by atoms with E-state index in [0.717, 1.165) is 30.0 Å². The first-order valence-electron chi connectivity index (χ1n) is 10.2. The summed E-state index contributed by atoms with van der Waals surface area (Å²) in [5, 5.41) is 0. The van der Waals surface area contributed by atoms with Crippen molar-refractivity contribution in [3.8, 4) is 5.75 Å². The molecule has 0 radical (unpaired) electrons. The molecule has 2 nitrogen and oxygen atoms in total. The lowest BCUT2D eigenvalue weighted by molar-refractivity contribution is 0.109. The summed E-state index contributed by atoms with van der Waals surface area (Å²) in [5.74, 6) is 3.89. The fraction of sp³-hybridized carbons (Fsp3) is 0.727. The lowest BCUT2D eigenvalue weighted by atomic mass is 9.86. The van der Waals surface area contributed by atoms with Crippen LogP contribution in [0, 0.1) is 11.8 Å². The third-order valence-corrected chi connectivity index (χ3v) is 6.96. The first kappa shape index (κ1) is 16.4. The number of ether oxygens (including phenoxy) is 1. The summed E-state index contributed by atoms with van der Waals surface area (Å²) in [6.45, 7) is 6.95. The van der Waals surface area contributed by atoms with Gasteiger partial charge in [0.25, 0.3) is 0 Å². The van der Waals surface area contributed by atoms with Gasteiger partial charge in [0.1, 0.15) is 5.75 Å². The highest BCUT2D eigenvalue weighted by atomic mass is 16.5. The summed E-state index contributed by atoms with van der Waals surface area (Å²) in [5.41, 5.74) is 1.45. The number of hydrogen-bond donors (Lipinski definition) is 0. The largest absolute Gasteiger partial charge is 0.490 e. The predicted molar refractivity (Wildman–Crippen MR) is 99.6 cm³/mol. The predicted octanol–water partition coefficient (Wildman–Crippen LogP) is 5.23. The zero-order chi connectivity index (χ0) is 16.5. The fourth-order valence-corrected chi connectivity index (χ4v) is 5.43. The second-order valence-electron chi connectivity index (χ2n) is 8.43. The normalized spacial score (nSPS) is 32.2. The maximum Gasteiger partial charge on any atom is 0.123 e. The third kappa shape index (κ3) is 3.22. The van der Waals surface area contributed by atoms with Crippen LogP contribution in [0.1, 0.15) is 70.3 Å². The van der Waals surface area contributed by atoms with E-state index in [0.29, 0.717) is 12.0 Å². The van der Waals surface area contributed by atoms with Gasteiger partial charge in [-0.15, -0.1) is 0 Å². The molecular formula is C22H33NO. The third-order valence-electron chi connectivity index (χ3n) is 6.96. The molecule has 2 saturated carbocycles. The van der Waals surface area contributed by atoms with Gasteiger partial charge in [-0.1, -0.05) is 31.5 Å². The number of para-hydroxylation sites is 1.